The minimum Gasteiger partial charge on any atom is -0.475 e. The summed E-state index contributed by atoms with van der Waals surface area (Å²) in [5.41, 5.74) is 0.475. The summed E-state index contributed by atoms with van der Waals surface area (Å²) in [7, 11) is -4.37. The lowest BCUT2D eigenvalue weighted by Crippen LogP contribution is -2.51. The lowest BCUT2D eigenvalue weighted by atomic mass is 10.1. The molecule has 0 aromatic heterocycles. The molecule has 1 aromatic rings. The van der Waals surface area contributed by atoms with Crippen molar-refractivity contribution in [3.05, 3.63) is 35.7 Å². The van der Waals surface area contributed by atoms with Crippen LogP contribution in [-0.4, -0.2) is 66.7 Å². The predicted molar refractivity (Wildman–Crippen MR) is 108 cm³/mol. The second-order valence-corrected chi connectivity index (χ2v) is 10.6. The number of nitrogens with zero attached hydrogens (tertiary/aromatic N) is 3. The van der Waals surface area contributed by atoms with E-state index >= 15 is 0 Å². The number of hydrogen-bond acceptors (Lipinski definition) is 6. The second kappa shape index (κ2) is 6.52. The van der Waals surface area contributed by atoms with Gasteiger partial charge in [0.2, 0.25) is 11.8 Å². The summed E-state index contributed by atoms with van der Waals surface area (Å²) in [6, 6.07) is 1.85. The molecule has 3 aliphatic heterocycles. The van der Waals surface area contributed by atoms with Crippen molar-refractivity contribution in [2.24, 2.45) is 10.9 Å². The van der Waals surface area contributed by atoms with Crippen LogP contribution in [-0.2, 0) is 19.6 Å². The maximum absolute atomic E-state index is 13.6. The van der Waals surface area contributed by atoms with Crippen molar-refractivity contribution in [3.63, 3.8) is 0 Å². The van der Waals surface area contributed by atoms with Gasteiger partial charge in [0.05, 0.1) is 17.3 Å². The molecular weight excluding hydrogens is 427 g/mol. The summed E-state index contributed by atoms with van der Waals surface area (Å²) in [6.07, 6.45) is 2.76. The van der Waals surface area contributed by atoms with Crippen molar-refractivity contribution >= 4 is 33.5 Å². The minimum absolute atomic E-state index is 0.0143. The summed E-state index contributed by atoms with van der Waals surface area (Å²) in [4.78, 5) is 31.3. The quantitative estimate of drug-likeness (QED) is 0.758. The topological polar surface area (TPSA) is 108 Å². The van der Waals surface area contributed by atoms with Crippen LogP contribution in [0.2, 0.25) is 0 Å². The molecule has 31 heavy (non-hydrogen) atoms. The largest absolute Gasteiger partial charge is 0.475 e. The van der Waals surface area contributed by atoms with Gasteiger partial charge in [0.25, 0.3) is 10.0 Å². The number of fused-ring (bicyclic) bond motifs is 3. The molecule has 5 rings (SSSR count). The van der Waals surface area contributed by atoms with E-state index in [0.29, 0.717) is 29.8 Å². The Balaban J connectivity index is 1.38. The highest BCUT2D eigenvalue weighted by atomic mass is 32.2. The number of ether oxygens (including phenoxy) is 1. The molecule has 0 radical (unpaired) electrons. The van der Waals surface area contributed by atoms with Crippen LogP contribution in [0.15, 0.2) is 39.7 Å². The van der Waals surface area contributed by atoms with Crippen molar-refractivity contribution in [1.29, 1.82) is 0 Å². The summed E-state index contributed by atoms with van der Waals surface area (Å²) in [5.74, 6) is -0.616. The molecule has 4 aliphatic rings. The molecule has 3 amide bonds. The van der Waals surface area contributed by atoms with E-state index in [1.807, 2.05) is 13.8 Å². The van der Waals surface area contributed by atoms with E-state index in [4.69, 9.17) is 4.74 Å². The van der Waals surface area contributed by atoms with Crippen LogP contribution in [0.3, 0.4) is 0 Å². The van der Waals surface area contributed by atoms with Crippen LogP contribution >= 0.6 is 0 Å². The first-order chi connectivity index (χ1) is 14.5. The van der Waals surface area contributed by atoms with Crippen molar-refractivity contribution in [2.75, 3.05) is 25.0 Å². The number of likely N-dealkylation sites (tertiary alicyclic amines) is 1. The molecular formula is C20H21FN4O5S. The number of amides is 3. The maximum atomic E-state index is 13.6. The first kappa shape index (κ1) is 20.0. The van der Waals surface area contributed by atoms with E-state index < -0.39 is 34.3 Å². The van der Waals surface area contributed by atoms with Crippen LogP contribution < -0.4 is 5.32 Å². The number of carbonyl (C=O) groups is 2. The number of aliphatic imine (C=N–C) groups is 1. The Labute approximate surface area is 178 Å². The smallest absolute Gasteiger partial charge is 0.336 e. The van der Waals surface area contributed by atoms with Gasteiger partial charge in [-0.1, -0.05) is 6.08 Å². The molecule has 1 aromatic carbocycles. The van der Waals surface area contributed by atoms with Gasteiger partial charge in [-0.15, -0.1) is 0 Å². The van der Waals surface area contributed by atoms with Crippen molar-refractivity contribution < 1.29 is 27.1 Å². The fourth-order valence-electron chi connectivity index (χ4n) is 4.46. The third kappa shape index (κ3) is 3.18. The van der Waals surface area contributed by atoms with E-state index in [1.54, 1.807) is 4.90 Å². The van der Waals surface area contributed by atoms with Gasteiger partial charge in [-0.25, -0.2) is 26.9 Å². The normalized spacial score (nSPS) is 27.4. The molecule has 9 nitrogen and oxygen atoms in total. The number of anilines is 1. The molecule has 0 saturated carbocycles. The predicted octanol–water partition coefficient (Wildman–Crippen LogP) is 1.73. The fourth-order valence-corrected chi connectivity index (χ4v) is 5.90. The molecule has 2 bridgehead atoms. The summed E-state index contributed by atoms with van der Waals surface area (Å²) in [6.45, 7) is 4.13. The average molecular weight is 448 g/mol. The van der Waals surface area contributed by atoms with Gasteiger partial charge in [-0.2, -0.15) is 0 Å². The molecule has 1 aliphatic carbocycles. The first-order valence-corrected chi connectivity index (χ1v) is 11.4. The van der Waals surface area contributed by atoms with E-state index in [9.17, 15) is 22.4 Å². The lowest BCUT2D eigenvalue weighted by Gasteiger charge is -2.32. The first-order valence-electron chi connectivity index (χ1n) is 9.93. The van der Waals surface area contributed by atoms with E-state index in [1.165, 1.54) is 6.07 Å². The van der Waals surface area contributed by atoms with Crippen molar-refractivity contribution in [2.45, 2.75) is 36.7 Å². The van der Waals surface area contributed by atoms with Crippen LogP contribution in [0.5, 0.6) is 0 Å². The summed E-state index contributed by atoms with van der Waals surface area (Å²) >= 11 is 0. The molecule has 0 spiro atoms. The monoisotopic (exact) mass is 448 g/mol. The zero-order valence-electron chi connectivity index (χ0n) is 17.0. The van der Waals surface area contributed by atoms with Gasteiger partial charge in [0.15, 0.2) is 0 Å². The number of carbonyl (C=O) groups excluding carboxylic acids is 2. The van der Waals surface area contributed by atoms with Crippen LogP contribution in [0, 0.1) is 11.7 Å². The van der Waals surface area contributed by atoms with Crippen LogP contribution in [0.25, 0.3) is 0 Å². The Bertz CT molecular complexity index is 1180. The Morgan fingerprint density at radius 1 is 1.39 bits per heavy atom. The van der Waals surface area contributed by atoms with E-state index in [2.05, 4.69) is 16.4 Å². The third-order valence-corrected chi connectivity index (χ3v) is 7.67. The molecule has 11 heteroatoms. The molecule has 1 fully saturated rings. The number of halogens is 1. The molecule has 3 heterocycles. The highest BCUT2D eigenvalue weighted by Gasteiger charge is 2.47. The molecule has 0 unspecified atom stereocenters. The second-order valence-electron chi connectivity index (χ2n) is 8.78. The number of urea groups is 1. The standard InChI is InChI=1S/C20H21FN4O5S/c1-20(2)10-30-18(23-20)13-5-11-6-15(13)24(8-11)17(26)9-25-19(27)22-14-4-3-12(21)7-16(14)31(25,28)29/h3-5,7,11,15H,6,8-10H2,1-2H3,(H,22,27)/t11-,15-/m1/s1. The van der Waals surface area contributed by atoms with Gasteiger partial charge in [-0.3, -0.25) is 4.79 Å². The van der Waals surface area contributed by atoms with Gasteiger partial charge >= 0.3 is 6.03 Å². The summed E-state index contributed by atoms with van der Waals surface area (Å²) < 4.78 is 45.6. The van der Waals surface area contributed by atoms with Gasteiger partial charge < -0.3 is 15.0 Å². The summed E-state index contributed by atoms with van der Waals surface area (Å²) in [5, 5.41) is 2.41. The SMILES string of the molecule is CC1(C)COC(C2=C[C@@H]3C[C@H]2N(C(=O)CN2C(=O)Nc4ccc(F)cc4S2(=O)=O)C3)=N1. The van der Waals surface area contributed by atoms with Crippen molar-refractivity contribution in [1.82, 2.24) is 9.21 Å². The third-order valence-electron chi connectivity index (χ3n) is 5.90. The maximum Gasteiger partial charge on any atom is 0.336 e. The Morgan fingerprint density at radius 2 is 2.16 bits per heavy atom. The number of rotatable bonds is 3. The van der Waals surface area contributed by atoms with E-state index in [0.717, 1.165) is 17.7 Å². The van der Waals surface area contributed by atoms with Gasteiger partial charge in [-0.05, 0) is 44.4 Å². The van der Waals surface area contributed by atoms with Crippen molar-refractivity contribution in [3.8, 4) is 0 Å². The minimum atomic E-state index is -4.37. The molecule has 1 saturated heterocycles. The number of sulfonamides is 1. The zero-order chi connectivity index (χ0) is 22.1. The highest BCUT2D eigenvalue weighted by Crippen LogP contribution is 2.40. The highest BCUT2D eigenvalue weighted by molar-refractivity contribution is 7.90. The molecule has 1 N–H and O–H groups in total. The lowest BCUT2D eigenvalue weighted by molar-refractivity contribution is -0.131. The number of nitrogens with one attached hydrogen (secondary N) is 1. The molecule has 2 atom stereocenters. The fraction of sp³-hybridized carbons (Fsp3) is 0.450. The van der Waals surface area contributed by atoms with Gasteiger partial charge in [0.1, 0.15) is 23.9 Å². The molecule has 164 valence electrons. The Morgan fingerprint density at radius 3 is 2.84 bits per heavy atom. The number of hydrogen-bond donors (Lipinski definition) is 1. The van der Waals surface area contributed by atoms with E-state index in [-0.39, 0.29) is 28.1 Å². The van der Waals surface area contributed by atoms with Crippen LogP contribution in [0.4, 0.5) is 14.9 Å². The Kier molecular flexibility index (Phi) is 4.20. The van der Waals surface area contributed by atoms with Gasteiger partial charge in [0, 0.05) is 12.1 Å². The number of benzene rings is 1. The zero-order valence-corrected chi connectivity index (χ0v) is 17.8. The average Bonchev–Trinajstić information content (AvgIpc) is 3.39. The Hall–Kier alpha value is -2.95. The van der Waals surface area contributed by atoms with Crippen LogP contribution in [0.1, 0.15) is 20.3 Å².